The zero-order valence-electron chi connectivity index (χ0n) is 11.5. The lowest BCUT2D eigenvalue weighted by molar-refractivity contribution is -0.183. The van der Waals surface area contributed by atoms with Crippen molar-refractivity contribution in [1.82, 2.24) is 0 Å². The van der Waals surface area contributed by atoms with E-state index in [4.69, 9.17) is 9.47 Å². The van der Waals surface area contributed by atoms with Crippen LogP contribution in [0.4, 0.5) is 0 Å². The summed E-state index contributed by atoms with van der Waals surface area (Å²) in [6.45, 7) is 9.47. The molecule has 0 amide bonds. The zero-order valence-corrected chi connectivity index (χ0v) is 11.5. The number of carbonyl (C=O) groups excluding carboxylic acids is 2. The minimum absolute atomic E-state index is 0.126. The van der Waals surface area contributed by atoms with E-state index in [1.54, 1.807) is 6.92 Å². The van der Waals surface area contributed by atoms with E-state index >= 15 is 0 Å². The van der Waals surface area contributed by atoms with Crippen molar-refractivity contribution in [1.29, 1.82) is 0 Å². The van der Waals surface area contributed by atoms with E-state index in [1.165, 1.54) is 0 Å². The Labute approximate surface area is 104 Å². The average Bonchev–Trinajstić information content (AvgIpc) is 2.26. The normalized spacial score (nSPS) is 16.1. The van der Waals surface area contributed by atoms with Crippen LogP contribution in [0.2, 0.25) is 0 Å². The third-order valence-electron chi connectivity index (χ3n) is 3.07. The SMILES string of the molecule is CCCCC(C)OC(=O)C(C)(OC=O)C(C)C. The molecule has 2 atom stereocenters. The van der Waals surface area contributed by atoms with Gasteiger partial charge < -0.3 is 9.47 Å². The van der Waals surface area contributed by atoms with E-state index < -0.39 is 11.6 Å². The third kappa shape index (κ3) is 4.75. The van der Waals surface area contributed by atoms with Gasteiger partial charge in [0.15, 0.2) is 0 Å². The minimum Gasteiger partial charge on any atom is -0.460 e. The molecule has 2 unspecified atom stereocenters. The Bertz CT molecular complexity index is 250. The average molecular weight is 244 g/mol. The molecule has 0 aromatic carbocycles. The summed E-state index contributed by atoms with van der Waals surface area (Å²) in [5.74, 6) is -0.596. The first kappa shape index (κ1) is 15.9. The Morgan fingerprint density at radius 1 is 1.35 bits per heavy atom. The standard InChI is InChI=1S/C13H24O4/c1-6-7-8-11(4)17-12(15)13(5,10(2)3)16-9-14/h9-11H,6-8H2,1-5H3. The molecule has 4 heteroatoms. The van der Waals surface area contributed by atoms with Crippen LogP contribution in [0.3, 0.4) is 0 Å². The van der Waals surface area contributed by atoms with Gasteiger partial charge in [0.2, 0.25) is 5.60 Å². The lowest BCUT2D eigenvalue weighted by Gasteiger charge is -2.30. The largest absolute Gasteiger partial charge is 0.460 e. The fraction of sp³-hybridized carbons (Fsp3) is 0.846. The second-order valence-corrected chi connectivity index (χ2v) is 4.83. The Hall–Kier alpha value is -1.06. The molecular formula is C13H24O4. The molecule has 0 heterocycles. The molecule has 0 aliphatic carbocycles. The second-order valence-electron chi connectivity index (χ2n) is 4.83. The van der Waals surface area contributed by atoms with Gasteiger partial charge in [0.25, 0.3) is 6.47 Å². The minimum atomic E-state index is -1.19. The number of unbranched alkanes of at least 4 members (excludes halogenated alkanes) is 1. The van der Waals surface area contributed by atoms with Crippen LogP contribution >= 0.6 is 0 Å². The quantitative estimate of drug-likeness (QED) is 0.486. The van der Waals surface area contributed by atoms with Crippen LogP contribution < -0.4 is 0 Å². The molecule has 0 aromatic rings. The summed E-state index contributed by atoms with van der Waals surface area (Å²) in [6.07, 6.45) is 2.77. The first-order chi connectivity index (χ1) is 7.88. The number of ether oxygens (including phenoxy) is 2. The monoisotopic (exact) mass is 244 g/mol. The van der Waals surface area contributed by atoms with Gasteiger partial charge in [-0.15, -0.1) is 0 Å². The molecule has 0 saturated heterocycles. The number of rotatable bonds is 8. The van der Waals surface area contributed by atoms with Crippen molar-refractivity contribution in [2.75, 3.05) is 0 Å². The molecule has 0 aliphatic heterocycles. The van der Waals surface area contributed by atoms with Crippen LogP contribution in [0.1, 0.15) is 53.9 Å². The number of hydrogen-bond donors (Lipinski definition) is 0. The molecule has 4 nitrogen and oxygen atoms in total. The summed E-state index contributed by atoms with van der Waals surface area (Å²) in [5.41, 5.74) is -1.19. The number of carbonyl (C=O) groups is 2. The van der Waals surface area contributed by atoms with Gasteiger partial charge in [-0.25, -0.2) is 4.79 Å². The number of hydrogen-bond acceptors (Lipinski definition) is 4. The van der Waals surface area contributed by atoms with Crippen LogP contribution in [-0.2, 0) is 19.1 Å². The van der Waals surface area contributed by atoms with Gasteiger partial charge >= 0.3 is 5.97 Å². The maximum Gasteiger partial charge on any atom is 0.350 e. The Morgan fingerprint density at radius 3 is 2.35 bits per heavy atom. The second kappa shape index (κ2) is 7.30. The van der Waals surface area contributed by atoms with E-state index in [0.717, 1.165) is 19.3 Å². The van der Waals surface area contributed by atoms with E-state index in [1.807, 2.05) is 20.8 Å². The van der Waals surface area contributed by atoms with Crippen LogP contribution in [-0.4, -0.2) is 24.1 Å². The summed E-state index contributed by atoms with van der Waals surface area (Å²) >= 11 is 0. The van der Waals surface area contributed by atoms with Gasteiger partial charge in [0, 0.05) is 5.92 Å². The summed E-state index contributed by atoms with van der Waals surface area (Å²) in [6, 6.07) is 0. The molecule has 0 spiro atoms. The lowest BCUT2D eigenvalue weighted by atomic mass is 9.92. The van der Waals surface area contributed by atoms with Crippen LogP contribution in [0, 0.1) is 5.92 Å². The molecule has 0 aromatic heterocycles. The topological polar surface area (TPSA) is 52.6 Å². The summed E-state index contributed by atoms with van der Waals surface area (Å²) in [7, 11) is 0. The number of esters is 1. The first-order valence-electron chi connectivity index (χ1n) is 6.21. The van der Waals surface area contributed by atoms with Crippen molar-refractivity contribution < 1.29 is 19.1 Å². The maximum absolute atomic E-state index is 12.0. The summed E-state index contributed by atoms with van der Waals surface area (Å²) in [5, 5.41) is 0. The van der Waals surface area contributed by atoms with Gasteiger partial charge in [-0.3, -0.25) is 4.79 Å². The predicted molar refractivity (Wildman–Crippen MR) is 65.5 cm³/mol. The van der Waals surface area contributed by atoms with Crippen molar-refractivity contribution >= 4 is 12.4 Å². The van der Waals surface area contributed by atoms with Crippen molar-refractivity contribution in [3.8, 4) is 0 Å². The predicted octanol–water partition coefficient (Wildman–Crippen LogP) is 2.70. The fourth-order valence-corrected chi connectivity index (χ4v) is 1.37. The van der Waals surface area contributed by atoms with E-state index in [9.17, 15) is 9.59 Å². The van der Waals surface area contributed by atoms with Crippen molar-refractivity contribution in [3.63, 3.8) is 0 Å². The van der Waals surface area contributed by atoms with Crippen LogP contribution in [0.25, 0.3) is 0 Å². The Morgan fingerprint density at radius 2 is 1.94 bits per heavy atom. The Kier molecular flexibility index (Phi) is 6.85. The van der Waals surface area contributed by atoms with Crippen LogP contribution in [0.5, 0.6) is 0 Å². The van der Waals surface area contributed by atoms with Gasteiger partial charge in [-0.1, -0.05) is 33.6 Å². The molecule has 0 N–H and O–H groups in total. The maximum atomic E-state index is 12.0. The zero-order chi connectivity index (χ0) is 13.5. The van der Waals surface area contributed by atoms with Gasteiger partial charge in [-0.05, 0) is 20.3 Å². The highest BCUT2D eigenvalue weighted by Gasteiger charge is 2.41. The van der Waals surface area contributed by atoms with Crippen LogP contribution in [0.15, 0.2) is 0 Å². The molecule has 17 heavy (non-hydrogen) atoms. The molecule has 100 valence electrons. The van der Waals surface area contributed by atoms with E-state index in [0.29, 0.717) is 6.47 Å². The Balaban J connectivity index is 4.48. The lowest BCUT2D eigenvalue weighted by Crippen LogP contribution is -2.45. The van der Waals surface area contributed by atoms with Crippen molar-refractivity contribution in [2.45, 2.75) is 65.6 Å². The molecule has 0 saturated carbocycles. The van der Waals surface area contributed by atoms with Gasteiger partial charge in [0.05, 0.1) is 6.10 Å². The van der Waals surface area contributed by atoms with Crippen molar-refractivity contribution in [3.05, 3.63) is 0 Å². The van der Waals surface area contributed by atoms with Gasteiger partial charge in [-0.2, -0.15) is 0 Å². The highest BCUT2D eigenvalue weighted by molar-refractivity contribution is 5.80. The molecule has 0 radical (unpaired) electrons. The van der Waals surface area contributed by atoms with E-state index in [-0.39, 0.29) is 12.0 Å². The van der Waals surface area contributed by atoms with E-state index in [2.05, 4.69) is 6.92 Å². The summed E-state index contributed by atoms with van der Waals surface area (Å²) < 4.78 is 10.2. The highest BCUT2D eigenvalue weighted by Crippen LogP contribution is 2.23. The fourth-order valence-electron chi connectivity index (χ4n) is 1.37. The highest BCUT2D eigenvalue weighted by atomic mass is 16.6. The molecule has 0 aliphatic rings. The molecule has 0 rings (SSSR count). The molecular weight excluding hydrogens is 220 g/mol. The molecule has 0 bridgehead atoms. The summed E-state index contributed by atoms with van der Waals surface area (Å²) in [4.78, 5) is 22.4. The molecule has 0 fully saturated rings. The van der Waals surface area contributed by atoms with Gasteiger partial charge in [0.1, 0.15) is 0 Å². The van der Waals surface area contributed by atoms with Crippen molar-refractivity contribution in [2.24, 2.45) is 5.92 Å². The first-order valence-corrected chi connectivity index (χ1v) is 6.21. The third-order valence-corrected chi connectivity index (χ3v) is 3.07. The smallest absolute Gasteiger partial charge is 0.350 e.